The first kappa shape index (κ1) is 18.0. The predicted molar refractivity (Wildman–Crippen MR) is 77.2 cm³/mol. The summed E-state index contributed by atoms with van der Waals surface area (Å²) >= 11 is 0. The number of hydrogen-bond donors (Lipinski definition) is 4. The molecule has 1 aromatic carbocycles. The molecule has 0 atom stereocenters. The average Bonchev–Trinajstić information content (AvgIpc) is 2.46. The van der Waals surface area contributed by atoms with Crippen molar-refractivity contribution in [1.29, 1.82) is 0 Å². The van der Waals surface area contributed by atoms with Crippen LogP contribution in [0.4, 0.5) is 5.69 Å². The molecule has 122 valence electrons. The van der Waals surface area contributed by atoms with Gasteiger partial charge in [-0.3, -0.25) is 9.59 Å². The van der Waals surface area contributed by atoms with Crippen molar-refractivity contribution in [3.05, 3.63) is 24.3 Å². The third-order valence-electron chi connectivity index (χ3n) is 2.66. The minimum absolute atomic E-state index is 0.0861. The number of rotatable bonds is 6. The summed E-state index contributed by atoms with van der Waals surface area (Å²) in [6.45, 7) is -0.863. The lowest BCUT2D eigenvalue weighted by molar-refractivity contribution is -0.143. The van der Waals surface area contributed by atoms with Crippen molar-refractivity contribution in [2.75, 3.05) is 31.6 Å². The number of nitrogens with one attached hydrogen (secondary N) is 1. The van der Waals surface area contributed by atoms with Crippen molar-refractivity contribution in [3.63, 3.8) is 0 Å². The quantitative estimate of drug-likeness (QED) is 0.447. The Bertz CT molecular complexity index is 623. The third-order valence-corrected chi connectivity index (χ3v) is 3.59. The van der Waals surface area contributed by atoms with Gasteiger partial charge >= 0.3 is 11.8 Å². The maximum absolute atomic E-state index is 11.8. The van der Waals surface area contributed by atoms with Gasteiger partial charge in [-0.15, -0.1) is 0 Å². The fraction of sp³-hybridized carbons (Fsp3) is 0.333. The van der Waals surface area contributed by atoms with E-state index in [-0.39, 0.29) is 36.9 Å². The number of nitrogens with two attached hydrogens (primary N) is 1. The zero-order valence-corrected chi connectivity index (χ0v) is 12.4. The van der Waals surface area contributed by atoms with E-state index in [2.05, 4.69) is 5.32 Å². The van der Waals surface area contributed by atoms with Gasteiger partial charge in [0.2, 0.25) is 10.0 Å². The van der Waals surface area contributed by atoms with E-state index in [0.29, 0.717) is 0 Å². The van der Waals surface area contributed by atoms with E-state index in [1.165, 1.54) is 24.3 Å². The van der Waals surface area contributed by atoms with Crippen LogP contribution in [0.1, 0.15) is 0 Å². The van der Waals surface area contributed by atoms with Crippen molar-refractivity contribution in [2.45, 2.75) is 4.90 Å². The number of primary sulfonamides is 1. The lowest BCUT2D eigenvalue weighted by Gasteiger charge is -2.19. The van der Waals surface area contributed by atoms with Gasteiger partial charge in [-0.1, -0.05) is 0 Å². The summed E-state index contributed by atoms with van der Waals surface area (Å²) in [7, 11) is -3.84. The van der Waals surface area contributed by atoms with Gasteiger partial charge in [-0.05, 0) is 24.3 Å². The first-order valence-corrected chi connectivity index (χ1v) is 7.79. The zero-order chi connectivity index (χ0) is 16.8. The number of benzene rings is 1. The molecule has 0 unspecified atom stereocenters. The number of carbonyl (C=O) groups is 2. The normalized spacial score (nSPS) is 11.0. The molecule has 0 fully saturated rings. The van der Waals surface area contributed by atoms with Crippen LogP contribution in [0, 0.1) is 0 Å². The Morgan fingerprint density at radius 1 is 1.09 bits per heavy atom. The summed E-state index contributed by atoms with van der Waals surface area (Å²) in [5, 5.41) is 24.9. The summed E-state index contributed by atoms with van der Waals surface area (Å²) in [6.07, 6.45) is 0. The maximum Gasteiger partial charge on any atom is 0.313 e. The van der Waals surface area contributed by atoms with E-state index in [4.69, 9.17) is 15.4 Å². The molecule has 0 aliphatic carbocycles. The van der Waals surface area contributed by atoms with Crippen LogP contribution in [-0.4, -0.2) is 61.6 Å². The maximum atomic E-state index is 11.8. The summed E-state index contributed by atoms with van der Waals surface area (Å²) in [4.78, 5) is 24.5. The number of nitrogens with zero attached hydrogens (tertiary/aromatic N) is 1. The first-order chi connectivity index (χ1) is 10.3. The largest absolute Gasteiger partial charge is 0.395 e. The van der Waals surface area contributed by atoms with Crippen molar-refractivity contribution in [3.8, 4) is 0 Å². The van der Waals surface area contributed by atoms with Gasteiger partial charge < -0.3 is 20.4 Å². The molecule has 10 heteroatoms. The summed E-state index contributed by atoms with van der Waals surface area (Å²) in [6, 6.07) is 4.95. The highest BCUT2D eigenvalue weighted by Gasteiger charge is 2.21. The summed E-state index contributed by atoms with van der Waals surface area (Å²) < 4.78 is 22.2. The predicted octanol–water partition coefficient (Wildman–Crippen LogP) is -1.91. The molecule has 0 aromatic heterocycles. The Morgan fingerprint density at radius 2 is 1.59 bits per heavy atom. The van der Waals surface area contributed by atoms with E-state index >= 15 is 0 Å². The molecule has 0 spiro atoms. The number of aliphatic hydroxyl groups excluding tert-OH is 2. The van der Waals surface area contributed by atoms with Crippen LogP contribution in [0.15, 0.2) is 29.2 Å². The lowest BCUT2D eigenvalue weighted by atomic mass is 10.3. The second-order valence-corrected chi connectivity index (χ2v) is 5.82. The summed E-state index contributed by atoms with van der Waals surface area (Å²) in [5.74, 6) is -1.89. The number of sulfonamides is 1. The molecule has 1 rings (SSSR count). The topological polar surface area (TPSA) is 150 Å². The first-order valence-electron chi connectivity index (χ1n) is 6.24. The van der Waals surface area contributed by atoms with Gasteiger partial charge in [0.15, 0.2) is 0 Å². The van der Waals surface area contributed by atoms with Gasteiger partial charge in [0, 0.05) is 18.8 Å². The molecule has 1 aromatic rings. The Balaban J connectivity index is 2.77. The van der Waals surface area contributed by atoms with Crippen molar-refractivity contribution < 1.29 is 28.2 Å². The van der Waals surface area contributed by atoms with Gasteiger partial charge in [0.05, 0.1) is 18.1 Å². The Labute approximate surface area is 127 Å². The van der Waals surface area contributed by atoms with Gasteiger partial charge in [-0.2, -0.15) is 0 Å². The van der Waals surface area contributed by atoms with Crippen LogP contribution in [-0.2, 0) is 19.6 Å². The molecule has 0 aliphatic rings. The average molecular weight is 331 g/mol. The number of amides is 2. The number of anilines is 1. The highest BCUT2D eigenvalue weighted by atomic mass is 32.2. The SMILES string of the molecule is NS(=O)(=O)c1ccc(NC(=O)C(=O)N(CCO)CCO)cc1. The molecule has 2 amide bonds. The van der Waals surface area contributed by atoms with E-state index in [1.54, 1.807) is 0 Å². The molecular weight excluding hydrogens is 314 g/mol. The van der Waals surface area contributed by atoms with Crippen LogP contribution in [0.5, 0.6) is 0 Å². The monoisotopic (exact) mass is 331 g/mol. The number of hydrogen-bond acceptors (Lipinski definition) is 6. The molecule has 0 saturated heterocycles. The van der Waals surface area contributed by atoms with Crippen LogP contribution in [0.3, 0.4) is 0 Å². The zero-order valence-electron chi connectivity index (χ0n) is 11.6. The Kier molecular flexibility index (Phi) is 6.43. The fourth-order valence-electron chi connectivity index (χ4n) is 1.61. The van der Waals surface area contributed by atoms with Gasteiger partial charge in [-0.25, -0.2) is 13.6 Å². The Hall–Kier alpha value is -2.01. The number of carbonyl (C=O) groups excluding carboxylic acids is 2. The fourth-order valence-corrected chi connectivity index (χ4v) is 2.13. The van der Waals surface area contributed by atoms with Crippen molar-refractivity contribution in [1.82, 2.24) is 4.90 Å². The Morgan fingerprint density at radius 3 is 2.00 bits per heavy atom. The van der Waals surface area contributed by atoms with E-state index in [9.17, 15) is 18.0 Å². The molecule has 0 saturated carbocycles. The van der Waals surface area contributed by atoms with Crippen LogP contribution >= 0.6 is 0 Å². The molecule has 0 radical (unpaired) electrons. The molecular formula is C12H17N3O6S. The molecule has 5 N–H and O–H groups in total. The molecule has 22 heavy (non-hydrogen) atoms. The number of aliphatic hydroxyl groups is 2. The standard InChI is InChI=1S/C12H17N3O6S/c13-22(20,21)10-3-1-9(2-4-10)14-11(18)12(19)15(5-7-16)6-8-17/h1-4,16-17H,5-8H2,(H,14,18)(H2,13,20,21). The molecule has 0 aliphatic heterocycles. The molecule has 0 bridgehead atoms. The lowest BCUT2D eigenvalue weighted by Crippen LogP contribution is -2.42. The van der Waals surface area contributed by atoms with E-state index in [0.717, 1.165) is 4.90 Å². The van der Waals surface area contributed by atoms with E-state index in [1.807, 2.05) is 0 Å². The van der Waals surface area contributed by atoms with Crippen LogP contribution in [0.25, 0.3) is 0 Å². The minimum Gasteiger partial charge on any atom is -0.395 e. The minimum atomic E-state index is -3.84. The van der Waals surface area contributed by atoms with Crippen molar-refractivity contribution in [2.24, 2.45) is 5.14 Å². The summed E-state index contributed by atoms with van der Waals surface area (Å²) in [5.41, 5.74) is 0.207. The van der Waals surface area contributed by atoms with Gasteiger partial charge in [0.25, 0.3) is 0 Å². The second kappa shape index (κ2) is 7.84. The van der Waals surface area contributed by atoms with Crippen LogP contribution < -0.4 is 10.5 Å². The van der Waals surface area contributed by atoms with Gasteiger partial charge in [0.1, 0.15) is 0 Å². The molecule has 9 nitrogen and oxygen atoms in total. The van der Waals surface area contributed by atoms with Crippen molar-refractivity contribution >= 4 is 27.5 Å². The van der Waals surface area contributed by atoms with Crippen LogP contribution in [0.2, 0.25) is 0 Å². The molecule has 0 heterocycles. The highest BCUT2D eigenvalue weighted by molar-refractivity contribution is 7.89. The van der Waals surface area contributed by atoms with E-state index < -0.39 is 21.8 Å². The third kappa shape index (κ3) is 5.07. The second-order valence-electron chi connectivity index (χ2n) is 4.26. The smallest absolute Gasteiger partial charge is 0.313 e. The highest BCUT2D eigenvalue weighted by Crippen LogP contribution is 2.12.